The van der Waals surface area contributed by atoms with Crippen LogP contribution in [-0.4, -0.2) is 35.8 Å². The fraction of sp³-hybridized carbons (Fsp3) is 0.345. The van der Waals surface area contributed by atoms with Crippen molar-refractivity contribution in [1.82, 2.24) is 4.90 Å². The Kier molecular flexibility index (Phi) is 7.20. The molecule has 0 aliphatic carbocycles. The highest BCUT2D eigenvalue weighted by Gasteiger charge is 2.38. The largest absolute Gasteiger partial charge is 0.444 e. The van der Waals surface area contributed by atoms with Gasteiger partial charge in [-0.05, 0) is 68.9 Å². The van der Waals surface area contributed by atoms with Crippen LogP contribution in [0, 0.1) is 5.92 Å². The summed E-state index contributed by atoms with van der Waals surface area (Å²) in [4.78, 5) is 14.5. The summed E-state index contributed by atoms with van der Waals surface area (Å²) in [5.74, 6) is 0.553. The molecule has 1 saturated heterocycles. The van der Waals surface area contributed by atoms with Crippen molar-refractivity contribution in [2.24, 2.45) is 5.92 Å². The van der Waals surface area contributed by atoms with E-state index >= 15 is 0 Å². The molecule has 4 heteroatoms. The third-order valence-corrected chi connectivity index (χ3v) is 11.0. The van der Waals surface area contributed by atoms with E-state index < -0.39 is 12.9 Å². The fourth-order valence-corrected chi connectivity index (χ4v) is 9.53. The maximum absolute atomic E-state index is 12.6. The number of piperidine rings is 1. The van der Waals surface area contributed by atoms with E-state index in [0.29, 0.717) is 5.92 Å². The predicted molar refractivity (Wildman–Crippen MR) is 141 cm³/mol. The van der Waals surface area contributed by atoms with Gasteiger partial charge in [0.2, 0.25) is 0 Å². The van der Waals surface area contributed by atoms with Crippen molar-refractivity contribution in [2.75, 3.05) is 19.3 Å². The van der Waals surface area contributed by atoms with E-state index in [-0.39, 0.29) is 6.09 Å². The lowest BCUT2D eigenvalue weighted by molar-refractivity contribution is 0.0191. The van der Waals surface area contributed by atoms with E-state index in [2.05, 4.69) is 91.0 Å². The van der Waals surface area contributed by atoms with Crippen LogP contribution in [0.1, 0.15) is 33.6 Å². The van der Waals surface area contributed by atoms with Gasteiger partial charge < -0.3 is 9.64 Å². The second-order valence-corrected chi connectivity index (χ2v) is 13.4. The molecule has 3 aromatic rings. The van der Waals surface area contributed by atoms with Crippen molar-refractivity contribution in [2.45, 2.75) is 39.2 Å². The molecule has 0 N–H and O–H groups in total. The molecule has 1 heterocycles. The van der Waals surface area contributed by atoms with E-state index in [1.165, 1.54) is 15.9 Å². The Morgan fingerprint density at radius 3 is 1.55 bits per heavy atom. The van der Waals surface area contributed by atoms with E-state index in [1.807, 2.05) is 25.7 Å². The normalized spacial score (nSPS) is 15.3. The van der Waals surface area contributed by atoms with Gasteiger partial charge in [-0.1, -0.05) is 91.0 Å². The second kappa shape index (κ2) is 10.1. The van der Waals surface area contributed by atoms with E-state index in [4.69, 9.17) is 4.74 Å². The number of ether oxygens (including phenoxy) is 1. The zero-order valence-electron chi connectivity index (χ0n) is 20.0. The Labute approximate surface area is 199 Å². The van der Waals surface area contributed by atoms with Gasteiger partial charge in [0, 0.05) is 13.1 Å². The van der Waals surface area contributed by atoms with Gasteiger partial charge in [-0.3, -0.25) is 0 Å². The maximum Gasteiger partial charge on any atom is 0.410 e. The van der Waals surface area contributed by atoms with Crippen LogP contribution in [0.5, 0.6) is 0 Å². The molecule has 4 rings (SSSR count). The summed E-state index contributed by atoms with van der Waals surface area (Å²) in [5, 5.41) is 4.28. The molecule has 1 radical (unpaired) electrons. The number of likely N-dealkylation sites (tertiary alicyclic amines) is 1. The van der Waals surface area contributed by atoms with Gasteiger partial charge in [0.15, 0.2) is 0 Å². The quantitative estimate of drug-likeness (QED) is 0.462. The van der Waals surface area contributed by atoms with Crippen LogP contribution in [0.25, 0.3) is 0 Å². The van der Waals surface area contributed by atoms with Gasteiger partial charge in [-0.2, -0.15) is 0 Å². The second-order valence-electron chi connectivity index (χ2n) is 9.91. The molecule has 0 atom stereocenters. The highest BCUT2D eigenvalue weighted by atomic mass is 31.2. The molecule has 1 aliphatic rings. The molecular formula is C29H35NO2P. The number of rotatable bonds is 5. The first-order chi connectivity index (χ1) is 15.9. The van der Waals surface area contributed by atoms with Gasteiger partial charge in [-0.15, -0.1) is 0 Å². The van der Waals surface area contributed by atoms with Crippen LogP contribution >= 0.6 is 7.26 Å². The van der Waals surface area contributed by atoms with Crippen molar-refractivity contribution in [3.8, 4) is 0 Å². The Morgan fingerprint density at radius 1 is 0.788 bits per heavy atom. The summed E-state index contributed by atoms with van der Waals surface area (Å²) in [5.41, 5.74) is -0.456. The first-order valence-corrected chi connectivity index (χ1v) is 13.9. The topological polar surface area (TPSA) is 29.5 Å². The van der Waals surface area contributed by atoms with Gasteiger partial charge >= 0.3 is 6.09 Å². The molecule has 3 aromatic carbocycles. The molecule has 1 fully saturated rings. The van der Waals surface area contributed by atoms with Crippen LogP contribution in [0.4, 0.5) is 4.79 Å². The minimum absolute atomic E-state index is 0.184. The summed E-state index contributed by atoms with van der Waals surface area (Å²) in [7, 11) is -1.83. The van der Waals surface area contributed by atoms with Gasteiger partial charge in [0.05, 0.1) is 0 Å². The van der Waals surface area contributed by atoms with Crippen molar-refractivity contribution < 1.29 is 9.53 Å². The van der Waals surface area contributed by atoms with Crippen molar-refractivity contribution in [1.29, 1.82) is 0 Å². The number of carbonyl (C=O) groups excluding carboxylic acids is 1. The Bertz CT molecular complexity index is 927. The minimum atomic E-state index is -1.83. The highest BCUT2D eigenvalue weighted by molar-refractivity contribution is 7.95. The van der Waals surface area contributed by atoms with Crippen molar-refractivity contribution in [3.63, 3.8) is 0 Å². The summed E-state index contributed by atoms with van der Waals surface area (Å²) in [6.07, 6.45) is 2.95. The smallest absolute Gasteiger partial charge is 0.410 e. The van der Waals surface area contributed by atoms with Crippen LogP contribution in [0.15, 0.2) is 91.0 Å². The van der Waals surface area contributed by atoms with Crippen molar-refractivity contribution in [3.05, 3.63) is 91.0 Å². The molecule has 0 aromatic heterocycles. The summed E-state index contributed by atoms with van der Waals surface area (Å²) < 4.78 is 5.62. The Morgan fingerprint density at radius 2 is 1.18 bits per heavy atom. The lowest BCUT2D eigenvalue weighted by atomic mass is 9.99. The molecule has 0 bridgehead atoms. The molecule has 1 aliphatic heterocycles. The SMILES string of the molecule is CC(C)(C)OC(=O)N1CCC(C[P](c2ccccc2)(c2ccccc2)c2ccccc2)CC1. The van der Waals surface area contributed by atoms with Crippen molar-refractivity contribution >= 4 is 29.3 Å². The molecule has 173 valence electrons. The number of amides is 1. The summed E-state index contributed by atoms with van der Waals surface area (Å²) >= 11 is 0. The highest BCUT2D eigenvalue weighted by Crippen LogP contribution is 2.57. The number of hydrogen-bond donors (Lipinski definition) is 0. The number of carbonyl (C=O) groups is 1. The van der Waals surface area contributed by atoms with Crippen LogP contribution < -0.4 is 15.9 Å². The molecule has 33 heavy (non-hydrogen) atoms. The minimum Gasteiger partial charge on any atom is -0.444 e. The van der Waals surface area contributed by atoms with Crippen LogP contribution in [0.3, 0.4) is 0 Å². The van der Waals surface area contributed by atoms with E-state index in [1.54, 1.807) is 0 Å². The average molecular weight is 461 g/mol. The van der Waals surface area contributed by atoms with Gasteiger partial charge in [0.1, 0.15) is 5.60 Å². The van der Waals surface area contributed by atoms with E-state index in [0.717, 1.165) is 32.1 Å². The Balaban J connectivity index is 1.65. The molecule has 0 saturated carbocycles. The molecule has 0 spiro atoms. The number of hydrogen-bond acceptors (Lipinski definition) is 2. The monoisotopic (exact) mass is 460 g/mol. The summed E-state index contributed by atoms with van der Waals surface area (Å²) in [6.45, 7) is 7.30. The van der Waals surface area contributed by atoms with Gasteiger partial charge in [0.25, 0.3) is 0 Å². The molecular weight excluding hydrogens is 425 g/mol. The molecule has 3 nitrogen and oxygen atoms in total. The van der Waals surface area contributed by atoms with Crippen LogP contribution in [0.2, 0.25) is 0 Å². The summed E-state index contributed by atoms with van der Waals surface area (Å²) in [6, 6.07) is 33.2. The number of nitrogens with zero attached hydrogens (tertiary/aromatic N) is 1. The maximum atomic E-state index is 12.6. The standard InChI is InChI=1S/C29H35NO2P/c1-29(2,3)32-28(31)30-21-19-24(20-22-30)23-33(25-13-7-4-8-14-25,26-15-9-5-10-16-26)27-17-11-6-12-18-27/h4-18,24H,19-23H2,1-3H3. The lowest BCUT2D eigenvalue weighted by Crippen LogP contribution is -2.43. The van der Waals surface area contributed by atoms with Crippen LogP contribution in [-0.2, 0) is 4.74 Å². The Hall–Kier alpha value is -2.64. The fourth-order valence-electron chi connectivity index (χ4n) is 4.82. The first kappa shape index (κ1) is 23.5. The third kappa shape index (κ3) is 5.47. The van der Waals surface area contributed by atoms with E-state index in [9.17, 15) is 4.79 Å². The lowest BCUT2D eigenvalue weighted by Gasteiger charge is -2.43. The molecule has 0 unspecified atom stereocenters. The average Bonchev–Trinajstić information content (AvgIpc) is 2.83. The third-order valence-electron chi connectivity index (χ3n) is 6.39. The van der Waals surface area contributed by atoms with Gasteiger partial charge in [-0.25, -0.2) is 4.79 Å². The number of benzene rings is 3. The zero-order valence-corrected chi connectivity index (χ0v) is 20.9. The predicted octanol–water partition coefficient (Wildman–Crippen LogP) is 5.63. The molecule has 1 amide bonds. The first-order valence-electron chi connectivity index (χ1n) is 11.9. The zero-order chi connectivity index (χ0) is 23.3.